The highest BCUT2D eigenvalue weighted by molar-refractivity contribution is 5.34. The van der Waals surface area contributed by atoms with Crippen molar-refractivity contribution >= 4 is 0 Å². The molecule has 0 saturated carbocycles. The number of hydrogen-bond acceptors (Lipinski definition) is 0. The Morgan fingerprint density at radius 2 is 2.00 bits per heavy atom. The zero-order chi connectivity index (χ0) is 12.7. The van der Waals surface area contributed by atoms with Crippen molar-refractivity contribution in [1.82, 2.24) is 0 Å². The van der Waals surface area contributed by atoms with Gasteiger partial charge in [0.15, 0.2) is 0 Å². The van der Waals surface area contributed by atoms with Gasteiger partial charge in [0.05, 0.1) is 0 Å². The van der Waals surface area contributed by atoms with E-state index in [1.165, 1.54) is 22.3 Å². The summed E-state index contributed by atoms with van der Waals surface area (Å²) in [6.45, 7) is 10.4. The normalized spacial score (nSPS) is 11.5. The van der Waals surface area contributed by atoms with Gasteiger partial charge in [-0.3, -0.25) is 0 Å². The van der Waals surface area contributed by atoms with E-state index in [2.05, 4.69) is 69.9 Å². The van der Waals surface area contributed by atoms with Crippen molar-refractivity contribution in [3.8, 4) is 0 Å². The third-order valence-corrected chi connectivity index (χ3v) is 3.09. The van der Waals surface area contributed by atoms with Gasteiger partial charge in [-0.2, -0.15) is 0 Å². The van der Waals surface area contributed by atoms with Crippen molar-refractivity contribution in [1.29, 1.82) is 0 Å². The van der Waals surface area contributed by atoms with Gasteiger partial charge in [-0.05, 0) is 43.4 Å². The maximum absolute atomic E-state index is 3.93. The van der Waals surface area contributed by atoms with E-state index < -0.39 is 0 Å². The van der Waals surface area contributed by atoms with Crippen LogP contribution in [-0.2, 0) is 6.42 Å². The quantitative estimate of drug-likeness (QED) is 0.625. The molecule has 0 unspecified atom stereocenters. The van der Waals surface area contributed by atoms with E-state index in [1.807, 2.05) is 0 Å². The Kier molecular flexibility index (Phi) is 5.48. The van der Waals surface area contributed by atoms with Crippen molar-refractivity contribution in [2.75, 3.05) is 0 Å². The highest BCUT2D eigenvalue weighted by atomic mass is 14.0. The van der Waals surface area contributed by atoms with Gasteiger partial charge in [0.2, 0.25) is 0 Å². The molecule has 0 N–H and O–H groups in total. The Labute approximate surface area is 105 Å². The molecule has 90 valence electrons. The van der Waals surface area contributed by atoms with Gasteiger partial charge in [-0.25, -0.2) is 0 Å². The Morgan fingerprint density at radius 3 is 2.71 bits per heavy atom. The van der Waals surface area contributed by atoms with Crippen LogP contribution >= 0.6 is 0 Å². The van der Waals surface area contributed by atoms with Crippen LogP contribution in [0.15, 0.2) is 54.7 Å². The Bertz CT molecular complexity index is 433. The summed E-state index contributed by atoms with van der Waals surface area (Å²) in [5.74, 6) is 0. The number of benzene rings is 1. The van der Waals surface area contributed by atoms with Gasteiger partial charge in [0.25, 0.3) is 0 Å². The molecule has 0 heterocycles. The van der Waals surface area contributed by atoms with Gasteiger partial charge >= 0.3 is 0 Å². The van der Waals surface area contributed by atoms with E-state index in [0.717, 1.165) is 12.8 Å². The largest absolute Gasteiger partial charge is 0.0958 e. The first-order chi connectivity index (χ1) is 8.15. The van der Waals surface area contributed by atoms with Gasteiger partial charge in [-0.15, -0.1) is 0 Å². The summed E-state index contributed by atoms with van der Waals surface area (Å²) in [5.41, 5.74) is 5.34. The second kappa shape index (κ2) is 6.90. The van der Waals surface area contributed by atoms with Crippen LogP contribution in [0.1, 0.15) is 30.0 Å². The van der Waals surface area contributed by atoms with Crippen LogP contribution in [0.3, 0.4) is 0 Å². The number of aryl methyl sites for hydroxylation is 1. The van der Waals surface area contributed by atoms with Crippen LogP contribution < -0.4 is 0 Å². The van der Waals surface area contributed by atoms with Crippen LogP contribution in [0.25, 0.3) is 0 Å². The second-order valence-electron chi connectivity index (χ2n) is 4.36. The molecule has 17 heavy (non-hydrogen) atoms. The highest BCUT2D eigenvalue weighted by Gasteiger charge is 1.97. The molecule has 0 atom stereocenters. The molecule has 0 saturated heterocycles. The van der Waals surface area contributed by atoms with Crippen LogP contribution in [-0.4, -0.2) is 0 Å². The molecule has 0 spiro atoms. The monoisotopic (exact) mass is 226 g/mol. The molecule has 0 heteroatoms. The molecule has 0 amide bonds. The second-order valence-corrected chi connectivity index (χ2v) is 4.36. The smallest absolute Gasteiger partial charge is 0.00916 e. The van der Waals surface area contributed by atoms with E-state index in [0.29, 0.717) is 0 Å². The number of allylic oxidation sites excluding steroid dienone is 5. The molecule has 0 bridgehead atoms. The molecule has 0 aromatic heterocycles. The first-order valence-corrected chi connectivity index (χ1v) is 6.21. The third-order valence-electron chi connectivity index (χ3n) is 3.09. The number of hydrogen-bond donors (Lipinski definition) is 0. The van der Waals surface area contributed by atoms with Crippen molar-refractivity contribution in [3.63, 3.8) is 0 Å². The first-order valence-electron chi connectivity index (χ1n) is 6.21. The summed E-state index contributed by atoms with van der Waals surface area (Å²) in [7, 11) is 0. The fourth-order valence-corrected chi connectivity index (χ4v) is 1.62. The lowest BCUT2D eigenvalue weighted by Gasteiger charge is -2.05. The lowest BCUT2D eigenvalue weighted by atomic mass is 10.0. The molecule has 0 aliphatic heterocycles. The summed E-state index contributed by atoms with van der Waals surface area (Å²) < 4.78 is 0. The van der Waals surface area contributed by atoms with Crippen LogP contribution in [0.2, 0.25) is 0 Å². The highest BCUT2D eigenvalue weighted by Crippen LogP contribution is 2.13. The lowest BCUT2D eigenvalue weighted by molar-refractivity contribution is 1.16. The summed E-state index contributed by atoms with van der Waals surface area (Å²) in [6.07, 6.45) is 10.4. The van der Waals surface area contributed by atoms with Crippen molar-refractivity contribution < 1.29 is 0 Å². The first kappa shape index (κ1) is 13.5. The van der Waals surface area contributed by atoms with Crippen LogP contribution in [0.4, 0.5) is 0 Å². The van der Waals surface area contributed by atoms with E-state index in [9.17, 15) is 0 Å². The fourth-order valence-electron chi connectivity index (χ4n) is 1.62. The van der Waals surface area contributed by atoms with Crippen molar-refractivity contribution in [2.45, 2.75) is 33.6 Å². The minimum absolute atomic E-state index is 0.996. The maximum Gasteiger partial charge on any atom is -0.00916 e. The predicted molar refractivity (Wildman–Crippen MR) is 77.3 cm³/mol. The maximum atomic E-state index is 3.93. The average molecular weight is 226 g/mol. The summed E-state index contributed by atoms with van der Waals surface area (Å²) in [5, 5.41) is 0. The molecule has 1 rings (SSSR count). The van der Waals surface area contributed by atoms with Crippen molar-refractivity contribution in [3.05, 3.63) is 71.3 Å². The zero-order valence-corrected chi connectivity index (χ0v) is 11.2. The van der Waals surface area contributed by atoms with Crippen LogP contribution in [0.5, 0.6) is 0 Å². The summed E-state index contributed by atoms with van der Waals surface area (Å²) >= 11 is 0. The molecule has 1 aromatic rings. The molecule has 0 nitrogen and oxygen atoms in total. The molecule has 0 radical (unpaired) electrons. The molecule has 1 aromatic carbocycles. The Balaban J connectivity index is 2.56. The average Bonchev–Trinajstić information content (AvgIpc) is 2.33. The Morgan fingerprint density at radius 1 is 1.24 bits per heavy atom. The molecule has 0 aliphatic carbocycles. The SMILES string of the molecule is C=C(/C=C\C=C/Cc1cccc(C)c1C)CC. The third kappa shape index (κ3) is 4.44. The van der Waals surface area contributed by atoms with Gasteiger partial charge < -0.3 is 0 Å². The van der Waals surface area contributed by atoms with Gasteiger partial charge in [-0.1, -0.05) is 61.6 Å². The molecular weight excluding hydrogens is 204 g/mol. The lowest BCUT2D eigenvalue weighted by Crippen LogP contribution is -1.89. The molecule has 0 aliphatic rings. The fraction of sp³-hybridized carbons (Fsp3) is 0.294. The van der Waals surface area contributed by atoms with Gasteiger partial charge in [0.1, 0.15) is 0 Å². The van der Waals surface area contributed by atoms with Gasteiger partial charge in [0, 0.05) is 0 Å². The standard InChI is InChI=1S/C17H22/c1-5-14(2)10-7-6-8-12-17-13-9-11-15(3)16(17)4/h6-11,13H,2,5,12H2,1,3-4H3/b8-6-,10-7-. The molecule has 0 fully saturated rings. The van der Waals surface area contributed by atoms with E-state index in [-0.39, 0.29) is 0 Å². The van der Waals surface area contributed by atoms with E-state index in [4.69, 9.17) is 0 Å². The van der Waals surface area contributed by atoms with E-state index >= 15 is 0 Å². The van der Waals surface area contributed by atoms with Crippen molar-refractivity contribution in [2.24, 2.45) is 0 Å². The summed E-state index contributed by atoms with van der Waals surface area (Å²) in [4.78, 5) is 0. The predicted octanol–water partition coefficient (Wildman–Crippen LogP) is 4.92. The zero-order valence-electron chi connectivity index (χ0n) is 11.2. The number of rotatable bonds is 5. The van der Waals surface area contributed by atoms with Crippen LogP contribution in [0, 0.1) is 13.8 Å². The topological polar surface area (TPSA) is 0 Å². The minimum atomic E-state index is 0.996. The Hall–Kier alpha value is -1.56. The van der Waals surface area contributed by atoms with E-state index in [1.54, 1.807) is 0 Å². The summed E-state index contributed by atoms with van der Waals surface area (Å²) in [6, 6.07) is 6.48. The molecular formula is C17H22. The minimum Gasteiger partial charge on any atom is -0.0958 e.